The summed E-state index contributed by atoms with van der Waals surface area (Å²) in [4.78, 5) is 16.0. The van der Waals surface area contributed by atoms with E-state index in [0.29, 0.717) is 44.6 Å². The van der Waals surface area contributed by atoms with Gasteiger partial charge in [-0.3, -0.25) is 9.79 Å². The molecule has 0 aliphatic rings. The predicted octanol–water partition coefficient (Wildman–Crippen LogP) is 1.71. The van der Waals surface area contributed by atoms with Gasteiger partial charge in [0.15, 0.2) is 11.7 Å². The zero-order valence-corrected chi connectivity index (χ0v) is 16.6. The van der Waals surface area contributed by atoms with Crippen LogP contribution in [0.2, 0.25) is 0 Å². The van der Waals surface area contributed by atoms with E-state index in [0.717, 1.165) is 16.9 Å². The largest absolute Gasteiger partial charge is 0.491 e. The number of amides is 1. The molecular formula is C20H28N4O4. The van der Waals surface area contributed by atoms with Crippen LogP contribution in [-0.4, -0.2) is 52.3 Å². The summed E-state index contributed by atoms with van der Waals surface area (Å²) in [7, 11) is 3.34. The number of carbonyl (C=O) groups is 1. The van der Waals surface area contributed by atoms with Crippen LogP contribution in [0.25, 0.3) is 0 Å². The Kier molecular flexibility index (Phi) is 8.87. The molecule has 0 bridgehead atoms. The van der Waals surface area contributed by atoms with E-state index in [9.17, 15) is 4.79 Å². The number of hydrogen-bond donors (Lipinski definition) is 3. The van der Waals surface area contributed by atoms with E-state index < -0.39 is 0 Å². The van der Waals surface area contributed by atoms with Gasteiger partial charge >= 0.3 is 0 Å². The number of nitrogens with zero attached hydrogens (tertiary/aromatic N) is 1. The highest BCUT2D eigenvalue weighted by Gasteiger charge is 2.08. The number of hydrogen-bond acceptors (Lipinski definition) is 5. The highest BCUT2D eigenvalue weighted by atomic mass is 16.5. The molecular weight excluding hydrogens is 360 g/mol. The van der Waals surface area contributed by atoms with Gasteiger partial charge in [0.2, 0.25) is 0 Å². The SMILES string of the molecule is CN=C(NCCNC(=O)c1ccco1)NCc1ccc(C)cc1OCCOC. The minimum absolute atomic E-state index is 0.243. The number of methoxy groups -OCH3 is 1. The summed E-state index contributed by atoms with van der Waals surface area (Å²) in [6.07, 6.45) is 1.47. The van der Waals surface area contributed by atoms with Crippen LogP contribution in [0.15, 0.2) is 46.0 Å². The van der Waals surface area contributed by atoms with Gasteiger partial charge in [-0.2, -0.15) is 0 Å². The maximum Gasteiger partial charge on any atom is 0.287 e. The average Bonchev–Trinajstić information content (AvgIpc) is 3.23. The third-order valence-corrected chi connectivity index (χ3v) is 3.89. The van der Waals surface area contributed by atoms with Crippen LogP contribution in [-0.2, 0) is 11.3 Å². The fourth-order valence-electron chi connectivity index (χ4n) is 2.43. The maximum absolute atomic E-state index is 11.8. The number of aliphatic imine (C=N–C) groups is 1. The van der Waals surface area contributed by atoms with Gasteiger partial charge in [-0.25, -0.2) is 0 Å². The molecule has 0 aliphatic carbocycles. The van der Waals surface area contributed by atoms with Crippen LogP contribution in [0.3, 0.4) is 0 Å². The Morgan fingerprint density at radius 2 is 1.96 bits per heavy atom. The normalized spacial score (nSPS) is 11.2. The van der Waals surface area contributed by atoms with E-state index in [-0.39, 0.29) is 5.91 Å². The molecule has 0 spiro atoms. The predicted molar refractivity (Wildman–Crippen MR) is 108 cm³/mol. The molecule has 0 aliphatic heterocycles. The molecule has 0 fully saturated rings. The molecule has 8 nitrogen and oxygen atoms in total. The molecule has 1 aromatic heterocycles. The third kappa shape index (κ3) is 6.96. The lowest BCUT2D eigenvalue weighted by Crippen LogP contribution is -2.41. The van der Waals surface area contributed by atoms with Crippen molar-refractivity contribution in [1.29, 1.82) is 0 Å². The van der Waals surface area contributed by atoms with Crippen molar-refractivity contribution >= 4 is 11.9 Å². The molecule has 2 aromatic rings. The van der Waals surface area contributed by atoms with Crippen molar-refractivity contribution in [1.82, 2.24) is 16.0 Å². The van der Waals surface area contributed by atoms with Gasteiger partial charge in [0.05, 0.1) is 12.9 Å². The summed E-state index contributed by atoms with van der Waals surface area (Å²) >= 11 is 0. The standard InChI is InChI=1S/C20H28N4O4/c1-15-6-7-16(18(13-15)28-12-11-26-3)14-24-20(21-2)23-9-8-22-19(25)17-5-4-10-27-17/h4-7,10,13H,8-9,11-12,14H2,1-3H3,(H,22,25)(H2,21,23,24). The zero-order valence-electron chi connectivity index (χ0n) is 16.6. The summed E-state index contributed by atoms with van der Waals surface area (Å²) in [6, 6.07) is 9.38. The van der Waals surface area contributed by atoms with Crippen LogP contribution >= 0.6 is 0 Å². The molecule has 0 atom stereocenters. The Balaban J connectivity index is 1.78. The van der Waals surface area contributed by atoms with Crippen LogP contribution < -0.4 is 20.7 Å². The highest BCUT2D eigenvalue weighted by molar-refractivity contribution is 5.91. The fourth-order valence-corrected chi connectivity index (χ4v) is 2.43. The first-order valence-corrected chi connectivity index (χ1v) is 9.11. The maximum atomic E-state index is 11.8. The third-order valence-electron chi connectivity index (χ3n) is 3.89. The van der Waals surface area contributed by atoms with Gasteiger partial charge in [0, 0.05) is 39.4 Å². The van der Waals surface area contributed by atoms with E-state index in [1.54, 1.807) is 26.3 Å². The van der Waals surface area contributed by atoms with Crippen molar-refractivity contribution in [2.45, 2.75) is 13.5 Å². The Hall–Kier alpha value is -3.00. The molecule has 0 saturated carbocycles. The molecule has 0 saturated heterocycles. The lowest BCUT2D eigenvalue weighted by Gasteiger charge is -2.15. The van der Waals surface area contributed by atoms with E-state index >= 15 is 0 Å². The molecule has 2 rings (SSSR count). The van der Waals surface area contributed by atoms with Crippen molar-refractivity contribution < 1.29 is 18.7 Å². The molecule has 8 heteroatoms. The Bertz CT molecular complexity index is 760. The van der Waals surface area contributed by atoms with E-state index in [1.807, 2.05) is 25.1 Å². The Labute approximate surface area is 165 Å². The number of aryl methyl sites for hydroxylation is 1. The fraction of sp³-hybridized carbons (Fsp3) is 0.400. The van der Waals surface area contributed by atoms with Gasteiger partial charge in [-0.15, -0.1) is 0 Å². The number of benzene rings is 1. The molecule has 0 unspecified atom stereocenters. The Morgan fingerprint density at radius 3 is 2.68 bits per heavy atom. The number of ether oxygens (including phenoxy) is 2. The van der Waals surface area contributed by atoms with Gasteiger partial charge in [-0.1, -0.05) is 12.1 Å². The van der Waals surface area contributed by atoms with Crippen molar-refractivity contribution in [2.24, 2.45) is 4.99 Å². The summed E-state index contributed by atoms with van der Waals surface area (Å²) in [5, 5.41) is 9.18. The summed E-state index contributed by atoms with van der Waals surface area (Å²) in [5.41, 5.74) is 2.15. The van der Waals surface area contributed by atoms with E-state index in [4.69, 9.17) is 13.9 Å². The second-order valence-electron chi connectivity index (χ2n) is 6.04. The van der Waals surface area contributed by atoms with Gasteiger partial charge < -0.3 is 29.8 Å². The molecule has 3 N–H and O–H groups in total. The monoisotopic (exact) mass is 388 g/mol. The van der Waals surface area contributed by atoms with E-state index in [2.05, 4.69) is 20.9 Å². The topological polar surface area (TPSA) is 97.1 Å². The Morgan fingerprint density at radius 1 is 1.14 bits per heavy atom. The average molecular weight is 388 g/mol. The molecule has 1 heterocycles. The van der Waals surface area contributed by atoms with Crippen LogP contribution in [0.1, 0.15) is 21.7 Å². The molecule has 1 aromatic carbocycles. The second kappa shape index (κ2) is 11.7. The highest BCUT2D eigenvalue weighted by Crippen LogP contribution is 2.20. The van der Waals surface area contributed by atoms with Crippen LogP contribution in [0.4, 0.5) is 0 Å². The lowest BCUT2D eigenvalue weighted by atomic mass is 10.1. The van der Waals surface area contributed by atoms with Gasteiger partial charge in [-0.05, 0) is 30.7 Å². The van der Waals surface area contributed by atoms with Crippen LogP contribution in [0.5, 0.6) is 5.75 Å². The molecule has 28 heavy (non-hydrogen) atoms. The minimum Gasteiger partial charge on any atom is -0.491 e. The first kappa shape index (κ1) is 21.3. The summed E-state index contributed by atoms with van der Waals surface area (Å²) in [6.45, 7) is 4.58. The number of rotatable bonds is 10. The quantitative estimate of drug-likeness (QED) is 0.326. The number of guanidine groups is 1. The second-order valence-corrected chi connectivity index (χ2v) is 6.04. The lowest BCUT2D eigenvalue weighted by molar-refractivity contribution is 0.0926. The molecule has 0 radical (unpaired) electrons. The first-order valence-electron chi connectivity index (χ1n) is 9.11. The van der Waals surface area contributed by atoms with E-state index in [1.165, 1.54) is 6.26 Å². The van der Waals surface area contributed by atoms with Crippen LogP contribution in [0, 0.1) is 6.92 Å². The molecule has 152 valence electrons. The number of furan rings is 1. The summed E-state index contributed by atoms with van der Waals surface area (Å²) in [5.74, 6) is 1.51. The number of carbonyl (C=O) groups excluding carboxylic acids is 1. The summed E-state index contributed by atoms with van der Waals surface area (Å²) < 4.78 is 15.9. The smallest absolute Gasteiger partial charge is 0.287 e. The van der Waals surface area contributed by atoms with Crippen molar-refractivity contribution in [3.8, 4) is 5.75 Å². The first-order chi connectivity index (χ1) is 13.6. The van der Waals surface area contributed by atoms with Crippen molar-refractivity contribution in [3.05, 3.63) is 53.5 Å². The minimum atomic E-state index is -0.243. The molecule has 1 amide bonds. The zero-order chi connectivity index (χ0) is 20.2. The van der Waals surface area contributed by atoms with Crippen molar-refractivity contribution in [2.75, 3.05) is 40.5 Å². The van der Waals surface area contributed by atoms with Gasteiger partial charge in [0.25, 0.3) is 5.91 Å². The van der Waals surface area contributed by atoms with Crippen molar-refractivity contribution in [3.63, 3.8) is 0 Å². The number of nitrogens with one attached hydrogen (secondary N) is 3. The van der Waals surface area contributed by atoms with Gasteiger partial charge in [0.1, 0.15) is 12.4 Å².